The van der Waals surface area contributed by atoms with Crippen LogP contribution in [0.15, 0.2) is 146 Å². The van der Waals surface area contributed by atoms with Crippen LogP contribution in [-0.2, 0) is 23.7 Å². The van der Waals surface area contributed by atoms with Gasteiger partial charge in [0.15, 0.2) is 12.6 Å². The van der Waals surface area contributed by atoms with E-state index < -0.39 is 86.8 Å². The number of hydrogen-bond acceptors (Lipinski definition) is 13. The minimum Gasteiger partial charge on any atom is -0.394 e. The summed E-state index contributed by atoms with van der Waals surface area (Å²) in [6.07, 6.45) is 89.2. The molecule has 0 aromatic rings. The lowest BCUT2D eigenvalue weighted by Crippen LogP contribution is -2.65. The quantitative estimate of drug-likeness (QED) is 0.0204. The Morgan fingerprint density at radius 1 is 0.363 bits per heavy atom. The third-order valence-electron chi connectivity index (χ3n) is 19.0. The second kappa shape index (κ2) is 69.9. The zero-order chi connectivity index (χ0) is 73.7. The van der Waals surface area contributed by atoms with Gasteiger partial charge in [-0.15, -0.1) is 0 Å². The van der Waals surface area contributed by atoms with Crippen LogP contribution in [0, 0.1) is 0 Å². The fraction of sp³-hybridized carbons (Fsp3) is 0.716. The Morgan fingerprint density at radius 2 is 0.686 bits per heavy atom. The Morgan fingerprint density at radius 3 is 1.08 bits per heavy atom. The van der Waals surface area contributed by atoms with E-state index in [4.69, 9.17) is 18.9 Å². The maximum absolute atomic E-state index is 13.4. The van der Waals surface area contributed by atoms with E-state index in [-0.39, 0.29) is 18.9 Å². The summed E-state index contributed by atoms with van der Waals surface area (Å²) in [5, 5.41) is 87.7. The van der Waals surface area contributed by atoms with Crippen molar-refractivity contribution in [1.29, 1.82) is 0 Å². The summed E-state index contributed by atoms with van der Waals surface area (Å²) >= 11 is 0. The summed E-state index contributed by atoms with van der Waals surface area (Å²) in [4.78, 5) is 13.4. The number of aliphatic hydroxyl groups is 8. The number of rotatable bonds is 67. The number of amides is 1. The minimum atomic E-state index is -1.80. The fourth-order valence-electron chi connectivity index (χ4n) is 12.6. The highest BCUT2D eigenvalue weighted by Crippen LogP contribution is 2.30. The molecular formula is C88H149NO13. The average Bonchev–Trinajstić information content (AvgIpc) is 0.790. The van der Waals surface area contributed by atoms with Crippen LogP contribution in [-0.4, -0.2) is 140 Å². The third-order valence-corrected chi connectivity index (χ3v) is 19.0. The molecule has 0 bridgehead atoms. The molecule has 0 aliphatic carbocycles. The summed E-state index contributed by atoms with van der Waals surface area (Å²) in [7, 11) is 0. The Labute approximate surface area is 621 Å². The van der Waals surface area contributed by atoms with Gasteiger partial charge in [-0.2, -0.15) is 0 Å². The van der Waals surface area contributed by atoms with Crippen LogP contribution >= 0.6 is 0 Å². The topological polar surface area (TPSA) is 228 Å². The predicted octanol–water partition coefficient (Wildman–Crippen LogP) is 19.1. The Balaban J connectivity index is 1.63. The highest BCUT2D eigenvalue weighted by molar-refractivity contribution is 5.76. The van der Waals surface area contributed by atoms with Crippen LogP contribution in [0.1, 0.15) is 309 Å². The van der Waals surface area contributed by atoms with Gasteiger partial charge in [-0.1, -0.05) is 333 Å². The van der Waals surface area contributed by atoms with Gasteiger partial charge >= 0.3 is 0 Å². The number of aliphatic hydroxyl groups excluding tert-OH is 8. The van der Waals surface area contributed by atoms with Crippen molar-refractivity contribution in [2.75, 3.05) is 19.8 Å². The maximum atomic E-state index is 13.4. The van der Waals surface area contributed by atoms with Gasteiger partial charge in [0.25, 0.3) is 0 Å². The molecule has 14 heteroatoms. The molecule has 0 radical (unpaired) electrons. The molecule has 2 heterocycles. The molecule has 2 rings (SSSR count). The van der Waals surface area contributed by atoms with E-state index in [2.05, 4.69) is 153 Å². The lowest BCUT2D eigenvalue weighted by molar-refractivity contribution is -0.359. The van der Waals surface area contributed by atoms with Crippen LogP contribution in [0.5, 0.6) is 0 Å². The molecule has 1 amide bonds. The van der Waals surface area contributed by atoms with Crippen molar-refractivity contribution in [2.45, 2.75) is 383 Å². The second-order valence-corrected chi connectivity index (χ2v) is 28.1. The highest BCUT2D eigenvalue weighted by Gasteiger charge is 2.51. The molecule has 0 aromatic carbocycles. The molecule has 14 nitrogen and oxygen atoms in total. The molecule has 12 unspecified atom stereocenters. The van der Waals surface area contributed by atoms with E-state index in [1.807, 2.05) is 6.08 Å². The number of nitrogens with one attached hydrogen (secondary N) is 1. The second-order valence-electron chi connectivity index (χ2n) is 28.1. The lowest BCUT2D eigenvalue weighted by atomic mass is 9.97. The standard InChI is InChI=1S/C88H149NO13/c1-3-5-7-9-11-13-15-17-19-21-23-25-27-29-31-32-33-34-35-36-37-38-39-40-41-42-43-44-46-48-50-52-54-56-58-60-62-64-66-68-70-72-80(93)89-76(75-99-87-85(98)83(96)86(79(74-91)101-87)102-88-84(97)82(95)81(94)78(73-90)100-88)77(92)71-69-67-65-63-61-59-57-55-53-51-49-47-45-30-28-26-24-22-20-18-16-14-12-10-8-6-4-2/h5,7,11,13,17,19,23,25,29,31,33-34,36-37,39-40,42-43,53,55,61,63,69,71,76-79,81-88,90-92,94-98H,3-4,6,8-10,12,14-16,18,20-22,24,26-28,30,32,35,38,41,44-52,54,56-60,62,64-68,70,72-75H2,1-2H3,(H,89,93)/b7-5-,13-11-,19-17-,25-23-,31-29-,34-33-,37-36-,40-39-,43-42-,55-53+,63-61+,71-69+. The first-order valence-electron chi connectivity index (χ1n) is 41.1. The van der Waals surface area contributed by atoms with Crippen molar-refractivity contribution < 1.29 is 64.6 Å². The Hall–Kier alpha value is -4.13. The Kier molecular flexibility index (Phi) is 64.4. The van der Waals surface area contributed by atoms with E-state index in [1.54, 1.807) is 6.08 Å². The molecule has 584 valence electrons. The van der Waals surface area contributed by atoms with Gasteiger partial charge in [0.2, 0.25) is 5.91 Å². The molecular weight excluding hydrogens is 1280 g/mol. The number of allylic oxidation sites excluding steroid dienone is 23. The molecule has 2 aliphatic rings. The highest BCUT2D eigenvalue weighted by atomic mass is 16.7. The van der Waals surface area contributed by atoms with E-state index in [0.29, 0.717) is 12.8 Å². The van der Waals surface area contributed by atoms with Crippen LogP contribution in [0.4, 0.5) is 0 Å². The largest absolute Gasteiger partial charge is 0.394 e. The van der Waals surface area contributed by atoms with Crippen LogP contribution in [0.25, 0.3) is 0 Å². The summed E-state index contributed by atoms with van der Waals surface area (Å²) in [6, 6.07) is -0.950. The van der Waals surface area contributed by atoms with Crippen LogP contribution in [0.2, 0.25) is 0 Å². The number of carbonyl (C=O) groups excluding carboxylic acids is 1. The smallest absolute Gasteiger partial charge is 0.220 e. The van der Waals surface area contributed by atoms with Gasteiger partial charge in [-0.05, 0) is 116 Å². The van der Waals surface area contributed by atoms with Crippen molar-refractivity contribution in [3.8, 4) is 0 Å². The van der Waals surface area contributed by atoms with Crippen molar-refractivity contribution in [2.24, 2.45) is 0 Å². The summed E-state index contributed by atoms with van der Waals surface area (Å²) in [5.74, 6) is -0.257. The number of unbranched alkanes of at least 4 members (excludes halogenated alkanes) is 32. The van der Waals surface area contributed by atoms with E-state index >= 15 is 0 Å². The first-order valence-corrected chi connectivity index (χ1v) is 41.1. The van der Waals surface area contributed by atoms with Gasteiger partial charge in [-0.3, -0.25) is 4.79 Å². The van der Waals surface area contributed by atoms with Gasteiger partial charge in [-0.25, -0.2) is 0 Å². The van der Waals surface area contributed by atoms with Crippen LogP contribution < -0.4 is 5.32 Å². The summed E-state index contributed by atoms with van der Waals surface area (Å²) in [5.41, 5.74) is 0. The normalized spacial score (nSPS) is 22.5. The monoisotopic (exact) mass is 1430 g/mol. The van der Waals surface area contributed by atoms with Gasteiger partial charge in [0.1, 0.15) is 48.8 Å². The fourth-order valence-corrected chi connectivity index (χ4v) is 12.6. The van der Waals surface area contributed by atoms with Gasteiger partial charge < -0.3 is 65.1 Å². The first-order chi connectivity index (χ1) is 50.1. The Bertz CT molecular complexity index is 2280. The van der Waals surface area contributed by atoms with Crippen molar-refractivity contribution in [3.05, 3.63) is 146 Å². The molecule has 0 saturated carbocycles. The maximum Gasteiger partial charge on any atom is 0.220 e. The van der Waals surface area contributed by atoms with Crippen molar-refractivity contribution >= 4 is 5.91 Å². The molecule has 102 heavy (non-hydrogen) atoms. The van der Waals surface area contributed by atoms with E-state index in [1.165, 1.54) is 167 Å². The molecule has 9 N–H and O–H groups in total. The lowest BCUT2D eigenvalue weighted by Gasteiger charge is -2.46. The summed E-state index contributed by atoms with van der Waals surface area (Å²) in [6.45, 7) is 2.68. The predicted molar refractivity (Wildman–Crippen MR) is 424 cm³/mol. The zero-order valence-corrected chi connectivity index (χ0v) is 64.1. The van der Waals surface area contributed by atoms with E-state index in [0.717, 1.165) is 109 Å². The van der Waals surface area contributed by atoms with Gasteiger partial charge in [0, 0.05) is 6.42 Å². The molecule has 2 fully saturated rings. The zero-order valence-electron chi connectivity index (χ0n) is 64.1. The average molecular weight is 1430 g/mol. The van der Waals surface area contributed by atoms with Crippen LogP contribution in [0.3, 0.4) is 0 Å². The van der Waals surface area contributed by atoms with Gasteiger partial charge in [0.05, 0.1) is 32.0 Å². The third kappa shape index (κ3) is 52.0. The molecule has 2 saturated heterocycles. The van der Waals surface area contributed by atoms with Crippen molar-refractivity contribution in [1.82, 2.24) is 5.32 Å². The number of hydrogen-bond donors (Lipinski definition) is 9. The minimum absolute atomic E-state index is 0.257. The molecule has 0 spiro atoms. The molecule has 12 atom stereocenters. The molecule has 2 aliphatic heterocycles. The number of carbonyl (C=O) groups is 1. The summed E-state index contributed by atoms with van der Waals surface area (Å²) < 4.78 is 22.9. The first kappa shape index (κ1) is 94.0. The SMILES string of the molecule is CC/C=C\C/C=C\C/C=C\C/C=C\C/C=C\C/C=C\C/C=C\C/C=C\C/C=C\CCCCCCCCCCCCCCCC(=O)NC(COC1OC(CO)C(OC2OC(CO)C(O)C(O)C2O)C(O)C1O)C(O)/C=C/CC/C=C/CC/C=C/CCCCCCCCCCCCCCCCCCC. The van der Waals surface area contributed by atoms with E-state index in [9.17, 15) is 45.6 Å². The number of ether oxygens (including phenoxy) is 4. The molecule has 0 aromatic heterocycles. The van der Waals surface area contributed by atoms with Crippen molar-refractivity contribution in [3.63, 3.8) is 0 Å².